The Morgan fingerprint density at radius 3 is 2.82 bits per heavy atom. The fraction of sp³-hybridized carbons (Fsp3) is 0.368. The van der Waals surface area contributed by atoms with Crippen LogP contribution in [0.3, 0.4) is 0 Å². The molecule has 3 nitrogen and oxygen atoms in total. The van der Waals surface area contributed by atoms with Crippen LogP contribution in [0, 0.1) is 5.92 Å². The van der Waals surface area contributed by atoms with Gasteiger partial charge in [-0.1, -0.05) is 30.3 Å². The smallest absolute Gasteiger partial charge is 0.123 e. The molecule has 2 unspecified atom stereocenters. The molecule has 2 aromatic carbocycles. The highest BCUT2D eigenvalue weighted by Gasteiger charge is 2.38. The maximum absolute atomic E-state index is 5.95. The fourth-order valence-corrected chi connectivity index (χ4v) is 3.72. The van der Waals surface area contributed by atoms with Crippen LogP contribution in [0.2, 0.25) is 0 Å². The lowest BCUT2D eigenvalue weighted by Crippen LogP contribution is -2.25. The van der Waals surface area contributed by atoms with E-state index in [-0.39, 0.29) is 0 Å². The summed E-state index contributed by atoms with van der Waals surface area (Å²) >= 11 is 0. The van der Waals surface area contributed by atoms with E-state index in [1.807, 2.05) is 12.1 Å². The first-order valence-electron chi connectivity index (χ1n) is 7.90. The zero-order valence-electron chi connectivity index (χ0n) is 12.9. The monoisotopic (exact) mass is 295 g/mol. The average Bonchev–Trinajstić information content (AvgIpc) is 2.98. The fourth-order valence-electron chi connectivity index (χ4n) is 3.72. The number of fused-ring (bicyclic) bond motifs is 3. The van der Waals surface area contributed by atoms with Crippen molar-refractivity contribution in [2.75, 3.05) is 26.8 Å². The second-order valence-electron chi connectivity index (χ2n) is 6.26. The zero-order valence-corrected chi connectivity index (χ0v) is 12.9. The van der Waals surface area contributed by atoms with Crippen molar-refractivity contribution in [1.29, 1.82) is 0 Å². The van der Waals surface area contributed by atoms with Gasteiger partial charge < -0.3 is 9.47 Å². The highest BCUT2D eigenvalue weighted by molar-refractivity contribution is 5.45. The third-order valence-corrected chi connectivity index (χ3v) is 4.83. The predicted molar refractivity (Wildman–Crippen MR) is 86.4 cm³/mol. The van der Waals surface area contributed by atoms with Gasteiger partial charge in [0.25, 0.3) is 0 Å². The largest absolute Gasteiger partial charge is 0.497 e. The summed E-state index contributed by atoms with van der Waals surface area (Å²) in [5.74, 6) is 3.10. The van der Waals surface area contributed by atoms with Crippen molar-refractivity contribution in [2.24, 2.45) is 5.92 Å². The summed E-state index contributed by atoms with van der Waals surface area (Å²) < 4.78 is 11.3. The number of likely N-dealkylation sites (tertiary alicyclic amines) is 1. The molecule has 0 amide bonds. The first kappa shape index (κ1) is 13.6. The molecule has 114 valence electrons. The number of hydrogen-bond acceptors (Lipinski definition) is 3. The van der Waals surface area contributed by atoms with Crippen LogP contribution in [0.25, 0.3) is 0 Å². The third-order valence-electron chi connectivity index (χ3n) is 4.83. The highest BCUT2D eigenvalue weighted by atomic mass is 16.5. The minimum Gasteiger partial charge on any atom is -0.497 e. The van der Waals surface area contributed by atoms with E-state index in [0.717, 1.165) is 37.7 Å². The maximum Gasteiger partial charge on any atom is 0.123 e. The molecule has 1 fully saturated rings. The summed E-state index contributed by atoms with van der Waals surface area (Å²) in [5, 5.41) is 0. The molecule has 2 aliphatic heterocycles. The van der Waals surface area contributed by atoms with Gasteiger partial charge in [0.15, 0.2) is 0 Å². The van der Waals surface area contributed by atoms with E-state index >= 15 is 0 Å². The van der Waals surface area contributed by atoms with Gasteiger partial charge in [-0.05, 0) is 23.8 Å². The molecular formula is C19H21NO2. The summed E-state index contributed by atoms with van der Waals surface area (Å²) in [6, 6.07) is 16.9. The van der Waals surface area contributed by atoms with Crippen molar-refractivity contribution >= 4 is 0 Å². The lowest BCUT2D eigenvalue weighted by atomic mass is 9.87. The molecule has 2 aliphatic rings. The van der Waals surface area contributed by atoms with Crippen molar-refractivity contribution in [3.63, 3.8) is 0 Å². The van der Waals surface area contributed by atoms with Gasteiger partial charge in [0, 0.05) is 37.0 Å². The molecule has 2 atom stereocenters. The molecule has 0 spiro atoms. The molecule has 0 saturated carbocycles. The average molecular weight is 295 g/mol. The number of methoxy groups -OCH3 is 1. The molecule has 2 aromatic rings. The molecule has 0 aliphatic carbocycles. The highest BCUT2D eigenvalue weighted by Crippen LogP contribution is 2.43. The molecule has 2 heterocycles. The summed E-state index contributed by atoms with van der Waals surface area (Å²) in [5.41, 5.74) is 2.69. The lowest BCUT2D eigenvalue weighted by Gasteiger charge is -2.28. The Hall–Kier alpha value is -2.00. The molecule has 1 saturated heterocycles. The van der Waals surface area contributed by atoms with E-state index < -0.39 is 0 Å². The minimum atomic E-state index is 0.558. The predicted octanol–water partition coefficient (Wildman–Crippen LogP) is 3.30. The van der Waals surface area contributed by atoms with Gasteiger partial charge in [0.05, 0.1) is 13.7 Å². The molecule has 0 bridgehead atoms. The van der Waals surface area contributed by atoms with Crippen molar-refractivity contribution in [3.05, 3.63) is 59.7 Å². The number of hydrogen-bond donors (Lipinski definition) is 0. The van der Waals surface area contributed by atoms with Crippen LogP contribution in [0.1, 0.15) is 17.0 Å². The molecule has 0 aromatic heterocycles. The Bertz CT molecular complexity index is 656. The first-order valence-corrected chi connectivity index (χ1v) is 7.90. The third kappa shape index (κ3) is 2.46. The summed E-state index contributed by atoms with van der Waals surface area (Å²) in [6.45, 7) is 4.06. The Balaban J connectivity index is 1.55. The Labute approximate surface area is 131 Å². The van der Waals surface area contributed by atoms with Gasteiger partial charge in [-0.2, -0.15) is 0 Å². The van der Waals surface area contributed by atoms with Crippen LogP contribution in [-0.4, -0.2) is 31.7 Å². The standard InChI is InChI=1S/C19H21NO2/c1-21-16-7-8-19-17(9-16)18-12-20(11-15(18)13-22-19)10-14-5-3-2-4-6-14/h2-9,15,18H,10-13H2,1H3. The van der Waals surface area contributed by atoms with E-state index in [4.69, 9.17) is 9.47 Å². The van der Waals surface area contributed by atoms with Gasteiger partial charge in [0.2, 0.25) is 0 Å². The first-order chi connectivity index (χ1) is 10.8. The van der Waals surface area contributed by atoms with E-state index in [0.29, 0.717) is 11.8 Å². The van der Waals surface area contributed by atoms with Crippen LogP contribution in [0.15, 0.2) is 48.5 Å². The topological polar surface area (TPSA) is 21.7 Å². The molecule has 3 heteroatoms. The minimum absolute atomic E-state index is 0.558. The van der Waals surface area contributed by atoms with E-state index in [1.165, 1.54) is 11.1 Å². The second kappa shape index (κ2) is 5.65. The van der Waals surface area contributed by atoms with Crippen molar-refractivity contribution in [2.45, 2.75) is 12.5 Å². The summed E-state index contributed by atoms with van der Waals surface area (Å²) in [6.07, 6.45) is 0. The molecule has 0 N–H and O–H groups in total. The number of rotatable bonds is 3. The van der Waals surface area contributed by atoms with Crippen LogP contribution < -0.4 is 9.47 Å². The van der Waals surface area contributed by atoms with Crippen LogP contribution in [0.5, 0.6) is 11.5 Å². The molecule has 22 heavy (non-hydrogen) atoms. The van der Waals surface area contributed by atoms with Gasteiger partial charge in [-0.25, -0.2) is 0 Å². The normalized spacial score (nSPS) is 23.5. The van der Waals surface area contributed by atoms with Gasteiger partial charge in [-0.3, -0.25) is 4.90 Å². The number of benzene rings is 2. The summed E-state index contributed by atoms with van der Waals surface area (Å²) in [4.78, 5) is 2.54. The van der Waals surface area contributed by atoms with E-state index in [9.17, 15) is 0 Å². The van der Waals surface area contributed by atoms with Crippen LogP contribution in [-0.2, 0) is 6.54 Å². The van der Waals surface area contributed by atoms with Crippen molar-refractivity contribution in [3.8, 4) is 11.5 Å². The quantitative estimate of drug-likeness (QED) is 0.867. The SMILES string of the molecule is COc1ccc2c(c1)C1CN(Cc3ccccc3)CC1CO2. The number of nitrogens with zero attached hydrogens (tertiary/aromatic N) is 1. The maximum atomic E-state index is 5.95. The van der Waals surface area contributed by atoms with Gasteiger partial charge in [-0.15, -0.1) is 0 Å². The Kier molecular flexibility index (Phi) is 3.51. The number of ether oxygens (including phenoxy) is 2. The van der Waals surface area contributed by atoms with Crippen LogP contribution in [0.4, 0.5) is 0 Å². The lowest BCUT2D eigenvalue weighted by molar-refractivity contribution is 0.211. The van der Waals surface area contributed by atoms with Gasteiger partial charge >= 0.3 is 0 Å². The molecular weight excluding hydrogens is 274 g/mol. The summed E-state index contributed by atoms with van der Waals surface area (Å²) in [7, 11) is 1.72. The molecule has 0 radical (unpaired) electrons. The van der Waals surface area contributed by atoms with E-state index in [1.54, 1.807) is 7.11 Å². The molecule has 4 rings (SSSR count). The van der Waals surface area contributed by atoms with Crippen molar-refractivity contribution < 1.29 is 9.47 Å². The van der Waals surface area contributed by atoms with Crippen LogP contribution >= 0.6 is 0 Å². The Morgan fingerprint density at radius 2 is 2.00 bits per heavy atom. The second-order valence-corrected chi connectivity index (χ2v) is 6.26. The Morgan fingerprint density at radius 1 is 1.14 bits per heavy atom. The van der Waals surface area contributed by atoms with E-state index in [2.05, 4.69) is 41.3 Å². The van der Waals surface area contributed by atoms with Gasteiger partial charge in [0.1, 0.15) is 11.5 Å². The van der Waals surface area contributed by atoms with Crippen molar-refractivity contribution in [1.82, 2.24) is 4.90 Å². The zero-order chi connectivity index (χ0) is 14.9.